The molecule has 12 nitrogen and oxygen atoms in total. The van der Waals surface area contributed by atoms with E-state index in [1.165, 1.54) is 4.90 Å². The van der Waals surface area contributed by atoms with E-state index in [4.69, 9.17) is 4.74 Å². The predicted molar refractivity (Wildman–Crippen MR) is 162 cm³/mol. The van der Waals surface area contributed by atoms with Crippen LogP contribution in [0.4, 0.5) is 4.79 Å². The summed E-state index contributed by atoms with van der Waals surface area (Å²) in [6.45, 7) is 7.41. The van der Waals surface area contributed by atoms with Gasteiger partial charge >= 0.3 is 12.1 Å². The minimum absolute atomic E-state index is 0.0258. The number of carbonyl (C=O) groups excluding carboxylic acids is 5. The summed E-state index contributed by atoms with van der Waals surface area (Å²) in [4.78, 5) is 77.7. The van der Waals surface area contributed by atoms with E-state index in [9.17, 15) is 33.9 Å². The van der Waals surface area contributed by atoms with Gasteiger partial charge in [0.1, 0.15) is 36.6 Å². The zero-order valence-electron chi connectivity index (χ0n) is 25.2. The zero-order valence-corrected chi connectivity index (χ0v) is 26.1. The smallest absolute Gasteiger partial charge is 0.408 e. The number of nitrogens with one attached hydrogen (secondary N) is 3. The third-order valence-corrected chi connectivity index (χ3v) is 7.45. The summed E-state index contributed by atoms with van der Waals surface area (Å²) in [5.41, 5.74) is 0.748. The van der Waals surface area contributed by atoms with E-state index in [0.717, 1.165) is 5.56 Å². The summed E-state index contributed by atoms with van der Waals surface area (Å²) in [6, 6.07) is 4.79. The Balaban J connectivity index is 2.14. The molecule has 1 aromatic carbocycles. The molecular formula is C30H44N4O8S. The second-order valence-electron chi connectivity index (χ2n) is 11.4. The Labute approximate surface area is 258 Å². The first-order valence-corrected chi connectivity index (χ1v) is 15.2. The lowest BCUT2D eigenvalue weighted by molar-refractivity contribution is -0.145. The number of likely N-dealkylation sites (tertiary alicyclic amines) is 1. The van der Waals surface area contributed by atoms with Crippen LogP contribution in [0.25, 0.3) is 0 Å². The van der Waals surface area contributed by atoms with E-state index in [1.807, 2.05) is 19.9 Å². The first-order valence-electron chi connectivity index (χ1n) is 14.6. The minimum atomic E-state index is -1.17. The highest BCUT2D eigenvalue weighted by atomic mass is 32.1. The second kappa shape index (κ2) is 17.5. The van der Waals surface area contributed by atoms with Gasteiger partial charge in [-0.3, -0.25) is 19.2 Å². The topological polar surface area (TPSA) is 171 Å². The maximum atomic E-state index is 13.7. The van der Waals surface area contributed by atoms with Crippen molar-refractivity contribution in [2.75, 3.05) is 12.3 Å². The Bertz CT molecular complexity index is 1130. The van der Waals surface area contributed by atoms with Crippen molar-refractivity contribution < 1.29 is 38.6 Å². The minimum Gasteiger partial charge on any atom is -0.480 e. The molecule has 238 valence electrons. The lowest BCUT2D eigenvalue weighted by Crippen LogP contribution is -2.59. The normalized spacial score (nSPS) is 16.7. The molecule has 0 radical (unpaired) electrons. The molecule has 13 heteroatoms. The van der Waals surface area contributed by atoms with E-state index < -0.39 is 59.9 Å². The maximum absolute atomic E-state index is 13.7. The Morgan fingerprint density at radius 3 is 2.26 bits per heavy atom. The summed E-state index contributed by atoms with van der Waals surface area (Å²) < 4.78 is 5.24. The van der Waals surface area contributed by atoms with Crippen molar-refractivity contribution in [2.24, 2.45) is 11.8 Å². The quantitative estimate of drug-likeness (QED) is 0.175. The lowest BCUT2D eigenvalue weighted by Gasteiger charge is -2.32. The molecule has 1 heterocycles. The fraction of sp³-hybridized carbons (Fsp3) is 0.600. The summed E-state index contributed by atoms with van der Waals surface area (Å²) in [5, 5.41) is 17.3. The SMILES string of the molecule is CC(C)C[C@H](NC(=O)[C@@H]1CCCN1C(=O)[C@@H](NC(=O)[C@H](CCC(=O)CS)NC(=O)OCc1ccccc1)C(C)C)C(=O)O. The summed E-state index contributed by atoms with van der Waals surface area (Å²) in [5.74, 6) is -3.49. The van der Waals surface area contributed by atoms with Crippen LogP contribution in [0.3, 0.4) is 0 Å². The van der Waals surface area contributed by atoms with Gasteiger partial charge < -0.3 is 30.7 Å². The monoisotopic (exact) mass is 620 g/mol. The zero-order chi connectivity index (χ0) is 32.1. The van der Waals surface area contributed by atoms with Gasteiger partial charge in [-0.05, 0) is 43.1 Å². The molecule has 4 amide bonds. The number of thiol groups is 1. The Kier molecular flexibility index (Phi) is 14.5. The lowest BCUT2D eigenvalue weighted by atomic mass is 10.0. The van der Waals surface area contributed by atoms with Crippen LogP contribution < -0.4 is 16.0 Å². The van der Waals surface area contributed by atoms with E-state index in [2.05, 4.69) is 28.6 Å². The molecule has 0 bridgehead atoms. The van der Waals surface area contributed by atoms with Crippen molar-refractivity contribution in [1.29, 1.82) is 0 Å². The highest BCUT2D eigenvalue weighted by Crippen LogP contribution is 2.21. The van der Waals surface area contributed by atoms with Crippen LogP contribution in [0.1, 0.15) is 65.4 Å². The Morgan fingerprint density at radius 1 is 1.00 bits per heavy atom. The first kappa shape index (κ1) is 35.6. The molecule has 4 N–H and O–H groups in total. The predicted octanol–water partition coefficient (Wildman–Crippen LogP) is 2.31. The fourth-order valence-electron chi connectivity index (χ4n) is 4.77. The number of hydrogen-bond donors (Lipinski definition) is 5. The average Bonchev–Trinajstić information content (AvgIpc) is 3.46. The third-order valence-electron chi connectivity index (χ3n) is 7.10. The number of hydrogen-bond acceptors (Lipinski definition) is 8. The van der Waals surface area contributed by atoms with E-state index in [0.29, 0.717) is 12.8 Å². The van der Waals surface area contributed by atoms with Gasteiger partial charge in [0, 0.05) is 18.7 Å². The maximum Gasteiger partial charge on any atom is 0.408 e. The van der Waals surface area contributed by atoms with Crippen LogP contribution >= 0.6 is 12.6 Å². The number of aliphatic carboxylic acids is 1. The van der Waals surface area contributed by atoms with Crippen LogP contribution in [-0.2, 0) is 35.3 Å². The van der Waals surface area contributed by atoms with Crippen LogP contribution in [0.5, 0.6) is 0 Å². The first-order chi connectivity index (χ1) is 20.3. The number of ketones is 1. The van der Waals surface area contributed by atoms with Gasteiger partial charge in [-0.1, -0.05) is 58.0 Å². The van der Waals surface area contributed by atoms with Crippen molar-refractivity contribution in [1.82, 2.24) is 20.9 Å². The van der Waals surface area contributed by atoms with Crippen molar-refractivity contribution in [3.05, 3.63) is 35.9 Å². The van der Waals surface area contributed by atoms with Gasteiger partial charge in [-0.25, -0.2) is 9.59 Å². The molecular weight excluding hydrogens is 576 g/mol. The molecule has 0 aromatic heterocycles. The number of amides is 4. The van der Waals surface area contributed by atoms with Gasteiger partial charge in [-0.2, -0.15) is 12.6 Å². The number of rotatable bonds is 16. The number of Topliss-reactive ketones (excluding diaryl/α,β-unsaturated/α-hetero) is 1. The van der Waals surface area contributed by atoms with Gasteiger partial charge in [-0.15, -0.1) is 0 Å². The summed E-state index contributed by atoms with van der Waals surface area (Å²) in [6.07, 6.45) is 0.203. The highest BCUT2D eigenvalue weighted by Gasteiger charge is 2.40. The van der Waals surface area contributed by atoms with Crippen molar-refractivity contribution in [2.45, 2.75) is 90.6 Å². The van der Waals surface area contributed by atoms with Gasteiger partial charge in [0.2, 0.25) is 17.7 Å². The van der Waals surface area contributed by atoms with Crippen LogP contribution in [0.15, 0.2) is 30.3 Å². The number of nitrogens with zero attached hydrogens (tertiary/aromatic N) is 1. The molecule has 1 aliphatic rings. The van der Waals surface area contributed by atoms with Gasteiger partial charge in [0.25, 0.3) is 0 Å². The van der Waals surface area contributed by atoms with Gasteiger partial charge in [0.15, 0.2) is 0 Å². The molecule has 2 rings (SSSR count). The highest BCUT2D eigenvalue weighted by molar-refractivity contribution is 7.81. The van der Waals surface area contributed by atoms with E-state index in [1.54, 1.807) is 38.1 Å². The third kappa shape index (κ3) is 11.5. The summed E-state index contributed by atoms with van der Waals surface area (Å²) >= 11 is 3.97. The van der Waals surface area contributed by atoms with E-state index >= 15 is 0 Å². The molecule has 1 fully saturated rings. The molecule has 0 unspecified atom stereocenters. The van der Waals surface area contributed by atoms with Crippen LogP contribution in [0.2, 0.25) is 0 Å². The van der Waals surface area contributed by atoms with Crippen molar-refractivity contribution >= 4 is 48.2 Å². The molecule has 1 aliphatic heterocycles. The second-order valence-corrected chi connectivity index (χ2v) is 11.8. The van der Waals surface area contributed by atoms with E-state index in [-0.39, 0.29) is 49.9 Å². The van der Waals surface area contributed by atoms with Crippen molar-refractivity contribution in [3.63, 3.8) is 0 Å². The number of carboxylic acid groups (broad SMARTS) is 1. The van der Waals surface area contributed by atoms with Crippen LogP contribution in [0, 0.1) is 11.8 Å². The molecule has 0 saturated carbocycles. The average molecular weight is 621 g/mol. The number of alkyl carbamates (subject to hydrolysis) is 1. The Hall–Kier alpha value is -3.61. The van der Waals surface area contributed by atoms with Crippen LogP contribution in [-0.4, -0.2) is 82.0 Å². The molecule has 43 heavy (non-hydrogen) atoms. The number of ether oxygens (including phenoxy) is 1. The molecule has 4 atom stereocenters. The number of carbonyl (C=O) groups is 6. The number of carboxylic acids is 1. The Morgan fingerprint density at radius 2 is 1.67 bits per heavy atom. The molecule has 0 spiro atoms. The van der Waals surface area contributed by atoms with Crippen molar-refractivity contribution in [3.8, 4) is 0 Å². The number of benzene rings is 1. The summed E-state index contributed by atoms with van der Waals surface area (Å²) in [7, 11) is 0. The molecule has 1 aromatic rings. The largest absolute Gasteiger partial charge is 0.480 e. The fourth-order valence-corrected chi connectivity index (χ4v) is 4.93. The molecule has 0 aliphatic carbocycles. The standard InChI is InChI=1S/C30H44N4O8S/c1-18(2)15-23(29(39)40)31-27(37)24-11-8-14-34(24)28(38)25(19(3)4)33-26(36)22(13-12-21(35)17-43)32-30(41)42-16-20-9-6-5-7-10-20/h5-7,9-10,18-19,22-25,43H,8,11-17H2,1-4H3,(H,31,37)(H,32,41)(H,33,36)(H,39,40)/t22-,23-,24-,25-/m0/s1. The van der Waals surface area contributed by atoms with Gasteiger partial charge in [0.05, 0.1) is 0 Å². The molecule has 1 saturated heterocycles.